The van der Waals surface area contributed by atoms with Gasteiger partial charge in [0.2, 0.25) is 23.6 Å². The standard InChI is InChI=1S/2C17H18N2O2.C10H24N2O2.C9H16O4.C7H16N2O2.C4H10O2/c2*1-12(20)18-16-7-3-14(4-8-16)11-15-5-9-17(10-6-15)19-13(2)21;1-9(11-3)7-13-5-6-14-8-10(2)12-4;1-7(2)9(10)13-6-8(12-4)5-11-3;1-7(4-8-2,5-9-3)6(10)11;1-5-3-4-6-2/h2*3-10H,11H2,1-2H3,(H,18,20)(H,19,21);9-12H,5-8H2,1-4H3;8H,1,5-6H2,2-4H3;8-9H,4-5H2,1-3H3,(H,10,11);3-4H2,1-2H3. The molecule has 0 aliphatic heterocycles. The van der Waals surface area contributed by atoms with Gasteiger partial charge in [-0.1, -0.05) is 55.1 Å². The number of anilines is 4. The van der Waals surface area contributed by atoms with Crippen LogP contribution in [0.2, 0.25) is 0 Å². The first kappa shape index (κ1) is 81.1. The molecule has 4 amide bonds. The minimum Gasteiger partial charge on any atom is -0.481 e. The van der Waals surface area contributed by atoms with Crippen LogP contribution in [0.1, 0.15) is 77.6 Å². The van der Waals surface area contributed by atoms with E-state index in [0.29, 0.717) is 63.8 Å². The quantitative estimate of drug-likeness (QED) is 0.0137. The summed E-state index contributed by atoms with van der Waals surface area (Å²) in [5, 5.41) is 31.7. The molecular formula is C64H102N8O14. The molecule has 4 rings (SSSR count). The van der Waals surface area contributed by atoms with Crippen LogP contribution in [0.3, 0.4) is 0 Å². The van der Waals surface area contributed by atoms with Crippen molar-refractivity contribution in [1.82, 2.24) is 21.3 Å². The van der Waals surface area contributed by atoms with Crippen molar-refractivity contribution in [3.63, 3.8) is 0 Å². The fraction of sp³-hybridized carbons (Fsp3) is 0.500. The van der Waals surface area contributed by atoms with E-state index in [-0.39, 0.29) is 36.3 Å². The number of carboxylic acids is 1. The minimum atomic E-state index is -0.777. The van der Waals surface area contributed by atoms with Gasteiger partial charge in [-0.05, 0) is 140 Å². The van der Waals surface area contributed by atoms with Crippen LogP contribution >= 0.6 is 0 Å². The molecule has 4 aromatic rings. The van der Waals surface area contributed by atoms with E-state index >= 15 is 0 Å². The molecule has 9 N–H and O–H groups in total. The highest BCUT2D eigenvalue weighted by Gasteiger charge is 2.31. The van der Waals surface area contributed by atoms with Crippen LogP contribution in [0.5, 0.6) is 0 Å². The summed E-state index contributed by atoms with van der Waals surface area (Å²) >= 11 is 0. The average molecular weight is 1210 g/mol. The largest absolute Gasteiger partial charge is 0.481 e. The number of carboxylic acid groups (broad SMARTS) is 1. The van der Waals surface area contributed by atoms with Crippen LogP contribution in [-0.2, 0) is 74.8 Å². The normalized spacial score (nSPS) is 11.3. The number of ether oxygens (including phenoxy) is 7. The van der Waals surface area contributed by atoms with Crippen LogP contribution in [0, 0.1) is 5.41 Å². The van der Waals surface area contributed by atoms with Crippen LogP contribution in [0.15, 0.2) is 109 Å². The lowest BCUT2D eigenvalue weighted by Gasteiger charge is -2.23. The second-order valence-electron chi connectivity index (χ2n) is 20.0. The molecule has 0 aliphatic carbocycles. The Labute approximate surface area is 511 Å². The van der Waals surface area contributed by atoms with Crippen molar-refractivity contribution in [2.45, 2.75) is 86.4 Å². The summed E-state index contributed by atoms with van der Waals surface area (Å²) < 4.78 is 34.8. The Hall–Kier alpha value is -6.96. The first-order valence-electron chi connectivity index (χ1n) is 28.2. The zero-order valence-electron chi connectivity index (χ0n) is 53.9. The molecule has 4 aromatic carbocycles. The maximum Gasteiger partial charge on any atom is 0.333 e. The number of carbonyl (C=O) groups is 6. The maximum atomic E-state index is 11.0. The van der Waals surface area contributed by atoms with Gasteiger partial charge in [-0.2, -0.15) is 0 Å². The highest BCUT2D eigenvalue weighted by Crippen LogP contribution is 2.18. The lowest BCUT2D eigenvalue weighted by Crippen LogP contribution is -2.44. The monoisotopic (exact) mass is 1210 g/mol. The summed E-state index contributed by atoms with van der Waals surface area (Å²) in [6.07, 6.45) is 1.40. The van der Waals surface area contributed by atoms with Crippen molar-refractivity contribution in [3.8, 4) is 0 Å². The molecule has 0 aromatic heterocycles. The Bertz CT molecular complexity index is 2210. The van der Waals surface area contributed by atoms with Gasteiger partial charge in [-0.15, -0.1) is 0 Å². The molecular weight excluding hydrogens is 1100 g/mol. The first-order chi connectivity index (χ1) is 40.8. The summed E-state index contributed by atoms with van der Waals surface area (Å²) in [5.41, 5.74) is 7.52. The third kappa shape index (κ3) is 43.6. The molecule has 22 nitrogen and oxygen atoms in total. The SMILES string of the molecule is C=C(C)C(=O)OCC(COC)OC.CC(=O)Nc1ccc(Cc2ccc(NC(C)=O)cc2)cc1.CC(=O)Nc1ccc(Cc2ccc(NC(C)=O)cc2)cc1.CNC(C)COCCOCC(C)NC.CNCC(C)(CNC)C(=O)O.COCCOC. The predicted octanol–water partition coefficient (Wildman–Crippen LogP) is 7.19. The molecule has 0 fully saturated rings. The van der Waals surface area contributed by atoms with E-state index in [1.807, 2.05) is 111 Å². The van der Waals surface area contributed by atoms with Crippen molar-refractivity contribution in [1.29, 1.82) is 0 Å². The first-order valence-corrected chi connectivity index (χ1v) is 28.2. The molecule has 3 atom stereocenters. The number of nitrogens with one attached hydrogen (secondary N) is 8. The Balaban J connectivity index is 0. The van der Waals surface area contributed by atoms with Gasteiger partial charge in [0.05, 0.1) is 51.7 Å². The van der Waals surface area contributed by atoms with E-state index in [1.54, 1.807) is 49.3 Å². The van der Waals surface area contributed by atoms with Gasteiger partial charge in [-0.3, -0.25) is 24.0 Å². The third-order valence-electron chi connectivity index (χ3n) is 11.6. The Morgan fingerprint density at radius 3 is 0.988 bits per heavy atom. The number of aliphatic carboxylic acids is 1. The molecule has 0 radical (unpaired) electrons. The topological polar surface area (TPSA) is 284 Å². The molecule has 0 bridgehead atoms. The fourth-order valence-electron chi connectivity index (χ4n) is 6.74. The summed E-state index contributed by atoms with van der Waals surface area (Å²) in [4.78, 5) is 65.5. The van der Waals surface area contributed by atoms with Gasteiger partial charge in [0.1, 0.15) is 12.7 Å². The number of rotatable bonds is 31. The molecule has 3 unspecified atom stereocenters. The third-order valence-corrected chi connectivity index (χ3v) is 11.6. The molecule has 86 heavy (non-hydrogen) atoms. The molecule has 0 saturated carbocycles. The van der Waals surface area contributed by atoms with Crippen LogP contribution in [0.4, 0.5) is 22.7 Å². The summed E-state index contributed by atoms with van der Waals surface area (Å²) in [6.45, 7) is 22.6. The molecule has 482 valence electrons. The smallest absolute Gasteiger partial charge is 0.333 e. The number of carbonyl (C=O) groups excluding carboxylic acids is 5. The van der Waals surface area contributed by atoms with E-state index in [2.05, 4.69) is 72.4 Å². The van der Waals surface area contributed by atoms with E-state index in [9.17, 15) is 28.8 Å². The molecule has 0 spiro atoms. The second kappa shape index (κ2) is 50.2. The van der Waals surface area contributed by atoms with Crippen LogP contribution in [0.25, 0.3) is 0 Å². The Kier molecular flexibility index (Phi) is 47.4. The zero-order chi connectivity index (χ0) is 65.3. The van der Waals surface area contributed by atoms with Gasteiger partial charge in [0.25, 0.3) is 0 Å². The lowest BCUT2D eigenvalue weighted by atomic mass is 9.91. The van der Waals surface area contributed by atoms with Crippen molar-refractivity contribution in [2.24, 2.45) is 5.41 Å². The highest BCUT2D eigenvalue weighted by atomic mass is 16.6. The maximum absolute atomic E-state index is 11.0. The summed E-state index contributed by atoms with van der Waals surface area (Å²) in [5.74, 6) is -1.47. The lowest BCUT2D eigenvalue weighted by molar-refractivity contribution is -0.147. The van der Waals surface area contributed by atoms with Crippen molar-refractivity contribution in [3.05, 3.63) is 131 Å². The second-order valence-corrected chi connectivity index (χ2v) is 20.0. The van der Waals surface area contributed by atoms with Gasteiger partial charge in [-0.25, -0.2) is 4.79 Å². The molecule has 0 saturated heterocycles. The number of hydrogen-bond acceptors (Lipinski definition) is 17. The summed E-state index contributed by atoms with van der Waals surface area (Å²) in [6, 6.07) is 31.9. The van der Waals surface area contributed by atoms with Gasteiger partial charge >= 0.3 is 11.9 Å². The Morgan fingerprint density at radius 1 is 0.477 bits per heavy atom. The molecule has 0 aliphatic rings. The van der Waals surface area contributed by atoms with Crippen LogP contribution in [-0.4, -0.2) is 181 Å². The highest BCUT2D eigenvalue weighted by molar-refractivity contribution is 5.90. The minimum absolute atomic E-state index is 0.0729. The van der Waals surface area contributed by atoms with Crippen molar-refractivity contribution in [2.75, 3.05) is 144 Å². The number of likely N-dealkylation sites (N-methyl/N-ethyl adjacent to an activating group) is 2. The van der Waals surface area contributed by atoms with Crippen molar-refractivity contribution >= 4 is 58.3 Å². The van der Waals surface area contributed by atoms with E-state index < -0.39 is 17.4 Å². The van der Waals surface area contributed by atoms with Crippen molar-refractivity contribution < 1.29 is 67.0 Å². The number of amides is 4. The summed E-state index contributed by atoms with van der Waals surface area (Å²) in [7, 11) is 13.8. The van der Waals surface area contributed by atoms with Crippen LogP contribution < -0.4 is 42.5 Å². The Morgan fingerprint density at radius 2 is 0.779 bits per heavy atom. The number of hydrogen-bond donors (Lipinski definition) is 9. The zero-order valence-corrected chi connectivity index (χ0v) is 53.9. The van der Waals surface area contributed by atoms with Gasteiger partial charge in [0, 0.05) is 110 Å². The number of esters is 1. The van der Waals surface area contributed by atoms with Gasteiger partial charge in [0.15, 0.2) is 0 Å². The van der Waals surface area contributed by atoms with E-state index in [4.69, 9.17) is 28.8 Å². The number of methoxy groups -OCH3 is 4. The number of benzene rings is 4. The molecule has 0 heterocycles. The van der Waals surface area contributed by atoms with Gasteiger partial charge < -0.3 is 80.8 Å². The van der Waals surface area contributed by atoms with E-state index in [0.717, 1.165) is 71.1 Å². The van der Waals surface area contributed by atoms with E-state index in [1.165, 1.54) is 34.8 Å². The predicted molar refractivity (Wildman–Crippen MR) is 343 cm³/mol. The fourth-order valence-corrected chi connectivity index (χ4v) is 6.74. The molecule has 22 heteroatoms. The average Bonchev–Trinajstić information content (AvgIpc) is 3.58.